The van der Waals surface area contributed by atoms with Gasteiger partial charge in [0.1, 0.15) is 0 Å². The highest BCUT2D eigenvalue weighted by molar-refractivity contribution is 6.41. The van der Waals surface area contributed by atoms with Crippen molar-refractivity contribution in [1.82, 2.24) is 4.90 Å². The second-order valence-electron chi connectivity index (χ2n) is 6.17. The average molecular weight is 366 g/mol. The molecule has 27 heavy (non-hydrogen) atoms. The second-order valence-corrected chi connectivity index (χ2v) is 6.17. The van der Waals surface area contributed by atoms with Crippen molar-refractivity contribution < 1.29 is 19.1 Å². The first kappa shape index (κ1) is 18.5. The van der Waals surface area contributed by atoms with Gasteiger partial charge < -0.3 is 19.3 Å². The normalized spacial score (nSPS) is 14.3. The summed E-state index contributed by atoms with van der Waals surface area (Å²) in [5.74, 6) is 0.0293. The molecule has 1 aliphatic rings. The van der Waals surface area contributed by atoms with Crippen LogP contribution in [0.3, 0.4) is 0 Å². The Morgan fingerprint density at radius 1 is 0.963 bits per heavy atom. The highest BCUT2D eigenvalue weighted by Gasteiger charge is 2.33. The summed E-state index contributed by atoms with van der Waals surface area (Å²) in [5, 5.41) is 0. The van der Waals surface area contributed by atoms with Crippen LogP contribution < -0.4 is 14.4 Å². The number of benzene rings is 2. The van der Waals surface area contributed by atoms with Crippen LogP contribution in [0.5, 0.6) is 11.5 Å². The fraction of sp³-hybridized carbons (Fsp3) is 0.238. The summed E-state index contributed by atoms with van der Waals surface area (Å²) in [6, 6.07) is 12.9. The van der Waals surface area contributed by atoms with E-state index in [-0.39, 0.29) is 0 Å². The minimum atomic E-state index is -0.545. The first-order valence-electron chi connectivity index (χ1n) is 8.61. The fourth-order valence-electron chi connectivity index (χ4n) is 3.04. The number of carbonyl (C=O) groups is 2. The SMILES string of the molecule is C=Cc1ccc(CN2CCN(c3ccc(OC)c(OC)c3)C(=O)C2=O)cc1. The number of hydrogen-bond donors (Lipinski definition) is 0. The van der Waals surface area contributed by atoms with E-state index in [1.165, 1.54) is 12.0 Å². The van der Waals surface area contributed by atoms with E-state index >= 15 is 0 Å². The van der Waals surface area contributed by atoms with Crippen LogP contribution in [0.25, 0.3) is 6.08 Å². The first-order chi connectivity index (χ1) is 13.1. The predicted octanol–water partition coefficient (Wildman–Crippen LogP) is 2.72. The van der Waals surface area contributed by atoms with Crippen molar-refractivity contribution in [3.8, 4) is 11.5 Å². The summed E-state index contributed by atoms with van der Waals surface area (Å²) in [5.41, 5.74) is 2.60. The lowest BCUT2D eigenvalue weighted by Gasteiger charge is -2.34. The zero-order chi connectivity index (χ0) is 19.4. The Morgan fingerprint density at radius 3 is 2.30 bits per heavy atom. The maximum Gasteiger partial charge on any atom is 0.316 e. The minimum Gasteiger partial charge on any atom is -0.493 e. The van der Waals surface area contributed by atoms with E-state index in [1.54, 1.807) is 36.3 Å². The van der Waals surface area contributed by atoms with Gasteiger partial charge in [-0.05, 0) is 23.3 Å². The molecule has 0 radical (unpaired) electrons. The molecule has 0 N–H and O–H groups in total. The summed E-state index contributed by atoms with van der Waals surface area (Å²) >= 11 is 0. The maximum atomic E-state index is 12.6. The van der Waals surface area contributed by atoms with Gasteiger partial charge in [-0.25, -0.2) is 0 Å². The van der Waals surface area contributed by atoms with E-state index in [0.717, 1.165) is 11.1 Å². The molecule has 6 heteroatoms. The molecule has 0 bridgehead atoms. The van der Waals surface area contributed by atoms with Crippen LogP contribution >= 0.6 is 0 Å². The Hall–Kier alpha value is -3.28. The van der Waals surface area contributed by atoms with Gasteiger partial charge in [0.25, 0.3) is 0 Å². The van der Waals surface area contributed by atoms with Crippen LogP contribution in [0.2, 0.25) is 0 Å². The van der Waals surface area contributed by atoms with Crippen LogP contribution in [0, 0.1) is 0 Å². The third kappa shape index (κ3) is 3.79. The Labute approximate surface area is 158 Å². The number of hydrogen-bond acceptors (Lipinski definition) is 4. The molecule has 140 valence electrons. The van der Waals surface area contributed by atoms with Crippen LogP contribution in [0.1, 0.15) is 11.1 Å². The van der Waals surface area contributed by atoms with Gasteiger partial charge in [-0.1, -0.05) is 36.9 Å². The van der Waals surface area contributed by atoms with Crippen molar-refractivity contribution in [3.05, 3.63) is 60.2 Å². The third-order valence-corrected chi connectivity index (χ3v) is 4.58. The molecule has 0 spiro atoms. The molecule has 0 unspecified atom stereocenters. The highest BCUT2D eigenvalue weighted by Crippen LogP contribution is 2.32. The number of piperazine rings is 1. The Balaban J connectivity index is 1.74. The standard InChI is InChI=1S/C21H22N2O4/c1-4-15-5-7-16(8-6-15)14-22-11-12-23(21(25)20(22)24)17-9-10-18(26-2)19(13-17)27-3/h4-10,13H,1,11-12,14H2,2-3H3. The monoisotopic (exact) mass is 366 g/mol. The molecule has 0 saturated carbocycles. The molecule has 2 aromatic carbocycles. The zero-order valence-electron chi connectivity index (χ0n) is 15.5. The molecule has 0 aliphatic carbocycles. The van der Waals surface area contributed by atoms with Crippen molar-refractivity contribution in [2.75, 3.05) is 32.2 Å². The smallest absolute Gasteiger partial charge is 0.316 e. The predicted molar refractivity (Wildman–Crippen MR) is 104 cm³/mol. The van der Waals surface area contributed by atoms with Crippen LogP contribution in [-0.2, 0) is 16.1 Å². The van der Waals surface area contributed by atoms with Gasteiger partial charge >= 0.3 is 11.8 Å². The summed E-state index contributed by atoms with van der Waals surface area (Å²) in [7, 11) is 3.08. The molecule has 0 atom stereocenters. The van der Waals surface area contributed by atoms with E-state index in [0.29, 0.717) is 36.8 Å². The van der Waals surface area contributed by atoms with Gasteiger partial charge in [0.2, 0.25) is 0 Å². The Bertz CT molecular complexity index is 861. The lowest BCUT2D eigenvalue weighted by Crippen LogP contribution is -2.54. The Kier molecular flexibility index (Phi) is 5.45. The molecular weight excluding hydrogens is 344 g/mol. The Morgan fingerprint density at radius 2 is 1.67 bits per heavy atom. The number of rotatable bonds is 6. The van der Waals surface area contributed by atoms with E-state index in [4.69, 9.17) is 9.47 Å². The minimum absolute atomic E-state index is 0.405. The number of amides is 2. The quantitative estimate of drug-likeness (QED) is 0.738. The van der Waals surface area contributed by atoms with Crippen molar-refractivity contribution in [1.29, 1.82) is 0 Å². The molecule has 0 aromatic heterocycles. The highest BCUT2D eigenvalue weighted by atomic mass is 16.5. The van der Waals surface area contributed by atoms with Gasteiger partial charge in [-0.2, -0.15) is 0 Å². The molecule has 6 nitrogen and oxygen atoms in total. The molecule has 2 aromatic rings. The fourth-order valence-corrected chi connectivity index (χ4v) is 3.04. The van der Waals surface area contributed by atoms with Crippen molar-refractivity contribution >= 4 is 23.6 Å². The van der Waals surface area contributed by atoms with Gasteiger partial charge in [0, 0.05) is 31.4 Å². The number of methoxy groups -OCH3 is 2. The molecule has 1 fully saturated rings. The molecule has 2 amide bonds. The van der Waals surface area contributed by atoms with Crippen molar-refractivity contribution in [2.24, 2.45) is 0 Å². The topological polar surface area (TPSA) is 59.1 Å². The maximum absolute atomic E-state index is 12.6. The van der Waals surface area contributed by atoms with Gasteiger partial charge in [0.05, 0.1) is 14.2 Å². The molecule has 1 saturated heterocycles. The average Bonchev–Trinajstić information content (AvgIpc) is 2.71. The van der Waals surface area contributed by atoms with Gasteiger partial charge in [0.15, 0.2) is 11.5 Å². The van der Waals surface area contributed by atoms with Crippen molar-refractivity contribution in [2.45, 2.75) is 6.54 Å². The molecular formula is C21H22N2O4. The number of ether oxygens (including phenoxy) is 2. The number of carbonyl (C=O) groups excluding carboxylic acids is 2. The van der Waals surface area contributed by atoms with Gasteiger partial charge in [-0.3, -0.25) is 9.59 Å². The third-order valence-electron chi connectivity index (χ3n) is 4.58. The molecule has 1 aliphatic heterocycles. The van der Waals surface area contributed by atoms with E-state index in [1.807, 2.05) is 24.3 Å². The largest absolute Gasteiger partial charge is 0.493 e. The van der Waals surface area contributed by atoms with Crippen molar-refractivity contribution in [3.63, 3.8) is 0 Å². The molecule has 1 heterocycles. The summed E-state index contributed by atoms with van der Waals surface area (Å²) < 4.78 is 10.5. The lowest BCUT2D eigenvalue weighted by molar-refractivity contribution is -0.146. The first-order valence-corrected chi connectivity index (χ1v) is 8.61. The number of anilines is 1. The lowest BCUT2D eigenvalue weighted by atomic mass is 10.1. The van der Waals surface area contributed by atoms with Gasteiger partial charge in [-0.15, -0.1) is 0 Å². The van der Waals surface area contributed by atoms with E-state index in [9.17, 15) is 9.59 Å². The summed E-state index contributed by atoms with van der Waals surface area (Å²) in [6.07, 6.45) is 1.76. The van der Waals surface area contributed by atoms with Crippen LogP contribution in [0.15, 0.2) is 49.0 Å². The number of nitrogens with zero attached hydrogens (tertiary/aromatic N) is 2. The van der Waals surface area contributed by atoms with Crippen LogP contribution in [0.4, 0.5) is 5.69 Å². The summed E-state index contributed by atoms with van der Waals surface area (Å²) in [4.78, 5) is 28.3. The van der Waals surface area contributed by atoms with E-state index in [2.05, 4.69) is 6.58 Å². The second kappa shape index (κ2) is 7.95. The van der Waals surface area contributed by atoms with Crippen LogP contribution in [-0.4, -0.2) is 44.0 Å². The van der Waals surface area contributed by atoms with E-state index < -0.39 is 11.8 Å². The zero-order valence-corrected chi connectivity index (χ0v) is 15.5. The summed E-state index contributed by atoms with van der Waals surface area (Å²) in [6.45, 7) is 5.01. The molecule has 3 rings (SSSR count).